The van der Waals surface area contributed by atoms with Crippen molar-refractivity contribution in [3.8, 4) is 0 Å². The van der Waals surface area contributed by atoms with Gasteiger partial charge in [0.15, 0.2) is 0 Å². The Morgan fingerprint density at radius 1 is 1.47 bits per heavy atom. The molecule has 0 spiro atoms. The monoisotopic (exact) mass is 257 g/mol. The van der Waals surface area contributed by atoms with Crippen molar-refractivity contribution in [1.29, 1.82) is 0 Å². The number of thioether (sulfide) groups is 1. The molecule has 4 heteroatoms. The number of carbonyl (C=O) groups excluding carboxylic acids is 1. The summed E-state index contributed by atoms with van der Waals surface area (Å²) in [5.41, 5.74) is 0.677. The van der Waals surface area contributed by atoms with E-state index in [0.717, 1.165) is 11.8 Å². The summed E-state index contributed by atoms with van der Waals surface area (Å²) >= 11 is 1.95. The molecule has 17 heavy (non-hydrogen) atoms. The van der Waals surface area contributed by atoms with Crippen molar-refractivity contribution in [2.45, 2.75) is 43.9 Å². The molecule has 1 aliphatic carbocycles. The van der Waals surface area contributed by atoms with Crippen LogP contribution in [0, 0.1) is 0 Å². The molecule has 98 valence electrons. The highest BCUT2D eigenvalue weighted by atomic mass is 32.2. The van der Waals surface area contributed by atoms with Crippen molar-refractivity contribution in [3.63, 3.8) is 0 Å². The summed E-state index contributed by atoms with van der Waals surface area (Å²) in [6.07, 6.45) is 9.31. The van der Waals surface area contributed by atoms with Crippen LogP contribution in [0.4, 0.5) is 0 Å². The third-order valence-electron chi connectivity index (χ3n) is 3.30. The zero-order chi connectivity index (χ0) is 12.7. The molecule has 2 atom stereocenters. The van der Waals surface area contributed by atoms with E-state index in [9.17, 15) is 4.79 Å². The van der Waals surface area contributed by atoms with Crippen LogP contribution in [0.25, 0.3) is 0 Å². The summed E-state index contributed by atoms with van der Waals surface area (Å²) in [6, 6.07) is 0.584. The molecule has 0 saturated heterocycles. The van der Waals surface area contributed by atoms with Gasteiger partial charge < -0.3 is 10.1 Å². The van der Waals surface area contributed by atoms with E-state index in [2.05, 4.69) is 16.3 Å². The van der Waals surface area contributed by atoms with Gasteiger partial charge in [-0.1, -0.05) is 18.9 Å². The van der Waals surface area contributed by atoms with Gasteiger partial charge in [-0.25, -0.2) is 4.79 Å². The Hall–Kier alpha value is -0.480. The number of esters is 1. The van der Waals surface area contributed by atoms with Gasteiger partial charge in [0.05, 0.1) is 7.11 Å². The number of ether oxygens (including phenoxy) is 1. The van der Waals surface area contributed by atoms with E-state index in [1.54, 1.807) is 6.92 Å². The highest BCUT2D eigenvalue weighted by molar-refractivity contribution is 7.99. The third-order valence-corrected chi connectivity index (χ3v) is 4.47. The van der Waals surface area contributed by atoms with Gasteiger partial charge in [0.25, 0.3) is 0 Å². The highest BCUT2D eigenvalue weighted by Gasteiger charge is 2.23. The van der Waals surface area contributed by atoms with Gasteiger partial charge >= 0.3 is 5.97 Å². The van der Waals surface area contributed by atoms with E-state index in [1.165, 1.54) is 32.8 Å². The maximum atomic E-state index is 11.2. The molecule has 1 rings (SSSR count). The summed E-state index contributed by atoms with van der Waals surface area (Å²) in [4.78, 5) is 11.2. The number of carbonyl (C=O) groups is 1. The Morgan fingerprint density at radius 3 is 2.82 bits per heavy atom. The molecular weight excluding hydrogens is 234 g/mol. The second-order valence-electron chi connectivity index (χ2n) is 4.45. The standard InChI is InChI=1S/C13H23NO2S/c1-10(13(15)16-2)8-9-14-11-6-4-5-7-12(11)17-3/h8,11-12,14H,4-7,9H2,1-3H3. The number of rotatable bonds is 5. The summed E-state index contributed by atoms with van der Waals surface area (Å²) in [5, 5.41) is 4.25. The lowest BCUT2D eigenvalue weighted by molar-refractivity contribution is -0.136. The van der Waals surface area contributed by atoms with E-state index in [4.69, 9.17) is 0 Å². The van der Waals surface area contributed by atoms with Crippen molar-refractivity contribution in [2.24, 2.45) is 0 Å². The van der Waals surface area contributed by atoms with Gasteiger partial charge in [-0.05, 0) is 26.0 Å². The largest absolute Gasteiger partial charge is 0.466 e. The van der Waals surface area contributed by atoms with Crippen molar-refractivity contribution in [1.82, 2.24) is 5.32 Å². The molecule has 0 heterocycles. The molecule has 0 aromatic heterocycles. The minimum atomic E-state index is -0.239. The first-order valence-electron chi connectivity index (χ1n) is 6.20. The first-order valence-corrected chi connectivity index (χ1v) is 7.49. The second kappa shape index (κ2) is 7.77. The van der Waals surface area contributed by atoms with E-state index < -0.39 is 0 Å². The molecule has 0 bridgehead atoms. The van der Waals surface area contributed by atoms with Crippen molar-refractivity contribution in [2.75, 3.05) is 19.9 Å². The fourth-order valence-electron chi connectivity index (χ4n) is 2.22. The molecule has 0 aromatic carbocycles. The summed E-state index contributed by atoms with van der Waals surface area (Å²) in [7, 11) is 1.41. The van der Waals surface area contributed by atoms with E-state index in [1.807, 2.05) is 17.8 Å². The van der Waals surface area contributed by atoms with Crippen LogP contribution < -0.4 is 5.32 Å². The van der Waals surface area contributed by atoms with Gasteiger partial charge in [0, 0.05) is 23.4 Å². The van der Waals surface area contributed by atoms with Gasteiger partial charge in [-0.15, -0.1) is 0 Å². The van der Waals surface area contributed by atoms with Crippen LogP contribution in [0.2, 0.25) is 0 Å². The zero-order valence-corrected chi connectivity index (χ0v) is 11.8. The first kappa shape index (κ1) is 14.6. The molecule has 0 radical (unpaired) electrons. The summed E-state index contributed by atoms with van der Waals surface area (Å²) < 4.78 is 4.66. The minimum Gasteiger partial charge on any atom is -0.466 e. The van der Waals surface area contributed by atoms with Crippen molar-refractivity contribution in [3.05, 3.63) is 11.6 Å². The van der Waals surface area contributed by atoms with Crippen molar-refractivity contribution >= 4 is 17.7 Å². The number of nitrogens with one attached hydrogen (secondary N) is 1. The lowest BCUT2D eigenvalue weighted by Gasteiger charge is -2.30. The number of hydrogen-bond acceptors (Lipinski definition) is 4. The van der Waals surface area contributed by atoms with Gasteiger partial charge in [-0.2, -0.15) is 11.8 Å². The average molecular weight is 257 g/mol. The van der Waals surface area contributed by atoms with Gasteiger partial charge in [0.1, 0.15) is 0 Å². The van der Waals surface area contributed by atoms with Crippen molar-refractivity contribution < 1.29 is 9.53 Å². The molecule has 3 nitrogen and oxygen atoms in total. The van der Waals surface area contributed by atoms with E-state index in [-0.39, 0.29) is 5.97 Å². The Kier molecular flexibility index (Phi) is 6.66. The lowest BCUT2D eigenvalue weighted by Crippen LogP contribution is -2.40. The normalized spacial score (nSPS) is 25.7. The van der Waals surface area contributed by atoms with Crippen LogP contribution >= 0.6 is 11.8 Å². The molecule has 1 fully saturated rings. The molecule has 1 saturated carbocycles. The number of hydrogen-bond donors (Lipinski definition) is 1. The Labute approximate surface area is 108 Å². The molecule has 0 aromatic rings. The Bertz CT molecular complexity index is 279. The molecule has 1 aliphatic rings. The topological polar surface area (TPSA) is 38.3 Å². The van der Waals surface area contributed by atoms with Crippen LogP contribution in [-0.2, 0) is 9.53 Å². The number of methoxy groups -OCH3 is 1. The van der Waals surface area contributed by atoms with Gasteiger partial charge in [-0.3, -0.25) is 0 Å². The Balaban J connectivity index is 2.36. The molecule has 0 amide bonds. The van der Waals surface area contributed by atoms with Crippen LogP contribution in [0.3, 0.4) is 0 Å². The van der Waals surface area contributed by atoms with E-state index >= 15 is 0 Å². The average Bonchev–Trinajstić information content (AvgIpc) is 2.38. The molecular formula is C13H23NO2S. The SMILES string of the molecule is COC(=O)C(C)=CCNC1CCCCC1SC. The fourth-order valence-corrected chi connectivity index (χ4v) is 3.18. The fraction of sp³-hybridized carbons (Fsp3) is 0.769. The summed E-state index contributed by atoms with van der Waals surface area (Å²) in [6.45, 7) is 2.54. The third kappa shape index (κ3) is 4.72. The van der Waals surface area contributed by atoms with Crippen LogP contribution in [-0.4, -0.2) is 37.2 Å². The van der Waals surface area contributed by atoms with Gasteiger partial charge in [0.2, 0.25) is 0 Å². The quantitative estimate of drug-likeness (QED) is 0.606. The van der Waals surface area contributed by atoms with Crippen LogP contribution in [0.5, 0.6) is 0 Å². The maximum absolute atomic E-state index is 11.2. The maximum Gasteiger partial charge on any atom is 0.333 e. The predicted molar refractivity (Wildman–Crippen MR) is 73.3 cm³/mol. The summed E-state index contributed by atoms with van der Waals surface area (Å²) in [5.74, 6) is -0.239. The smallest absolute Gasteiger partial charge is 0.333 e. The molecule has 1 N–H and O–H groups in total. The Morgan fingerprint density at radius 2 is 2.18 bits per heavy atom. The van der Waals surface area contributed by atoms with E-state index in [0.29, 0.717) is 11.6 Å². The second-order valence-corrected chi connectivity index (χ2v) is 5.53. The first-order chi connectivity index (χ1) is 8.19. The lowest BCUT2D eigenvalue weighted by atomic mass is 9.95. The zero-order valence-electron chi connectivity index (χ0n) is 11.0. The predicted octanol–water partition coefficient (Wildman–Crippen LogP) is 2.37. The molecule has 2 unspecified atom stereocenters. The van der Waals surface area contributed by atoms with Crippen LogP contribution in [0.1, 0.15) is 32.6 Å². The minimum absolute atomic E-state index is 0.239. The highest BCUT2D eigenvalue weighted by Crippen LogP contribution is 2.26. The molecule has 0 aliphatic heterocycles. The van der Waals surface area contributed by atoms with Crippen LogP contribution in [0.15, 0.2) is 11.6 Å².